The van der Waals surface area contributed by atoms with Gasteiger partial charge in [0.1, 0.15) is 0 Å². The van der Waals surface area contributed by atoms with Crippen LogP contribution in [0.4, 0.5) is 5.69 Å². The molecule has 0 aliphatic heterocycles. The van der Waals surface area contributed by atoms with Crippen LogP contribution in [0.25, 0.3) is 0 Å². The summed E-state index contributed by atoms with van der Waals surface area (Å²) in [6.45, 7) is 9.83. The molecule has 1 atom stereocenters. The summed E-state index contributed by atoms with van der Waals surface area (Å²) in [5.41, 5.74) is 8.12. The van der Waals surface area contributed by atoms with Gasteiger partial charge in [0.25, 0.3) is 5.91 Å². The number of hydrogen-bond donors (Lipinski definition) is 1. The maximum Gasteiger partial charge on any atom is 0.254 e. The first-order chi connectivity index (χ1) is 8.49. The number of benzene rings is 1. The van der Waals surface area contributed by atoms with E-state index in [9.17, 15) is 4.79 Å². The fourth-order valence-electron chi connectivity index (χ4n) is 1.96. The van der Waals surface area contributed by atoms with Gasteiger partial charge < -0.3 is 10.6 Å². The number of nitrogens with two attached hydrogens (primary N) is 1. The summed E-state index contributed by atoms with van der Waals surface area (Å²) >= 11 is 0. The monoisotopic (exact) mass is 248 g/mol. The van der Waals surface area contributed by atoms with Gasteiger partial charge in [0.05, 0.1) is 0 Å². The van der Waals surface area contributed by atoms with Crippen molar-refractivity contribution in [2.24, 2.45) is 5.92 Å². The van der Waals surface area contributed by atoms with E-state index in [4.69, 9.17) is 5.73 Å². The molecule has 0 aromatic heterocycles. The Hall–Kier alpha value is -1.51. The summed E-state index contributed by atoms with van der Waals surface area (Å²) in [5, 5.41) is 0. The molecule has 1 rings (SSSR count). The number of carbonyl (C=O) groups excluding carboxylic acids is 1. The summed E-state index contributed by atoms with van der Waals surface area (Å²) in [6.07, 6.45) is 1.09. The van der Waals surface area contributed by atoms with E-state index in [-0.39, 0.29) is 5.91 Å². The van der Waals surface area contributed by atoms with Crippen LogP contribution in [-0.4, -0.2) is 23.9 Å². The Balaban J connectivity index is 2.89. The third kappa shape index (κ3) is 3.49. The van der Waals surface area contributed by atoms with Crippen molar-refractivity contribution >= 4 is 11.6 Å². The lowest BCUT2D eigenvalue weighted by Crippen LogP contribution is -2.34. The van der Waals surface area contributed by atoms with E-state index in [2.05, 4.69) is 13.8 Å². The number of aryl methyl sites for hydroxylation is 1. The highest BCUT2D eigenvalue weighted by molar-refractivity contribution is 5.96. The molecule has 0 saturated heterocycles. The summed E-state index contributed by atoms with van der Waals surface area (Å²) in [7, 11) is 0. The molecule has 0 spiro atoms. The van der Waals surface area contributed by atoms with E-state index < -0.39 is 0 Å². The lowest BCUT2D eigenvalue weighted by Gasteiger charge is -2.25. The van der Waals surface area contributed by atoms with E-state index in [0.717, 1.165) is 30.6 Å². The number of amides is 1. The zero-order chi connectivity index (χ0) is 13.7. The number of anilines is 1. The molecule has 100 valence electrons. The molecule has 0 heterocycles. The molecule has 0 aliphatic rings. The van der Waals surface area contributed by atoms with Gasteiger partial charge in [-0.1, -0.05) is 20.3 Å². The van der Waals surface area contributed by atoms with Gasteiger partial charge in [0.2, 0.25) is 0 Å². The van der Waals surface area contributed by atoms with E-state index in [1.165, 1.54) is 0 Å². The molecule has 1 unspecified atom stereocenters. The highest BCUT2D eigenvalue weighted by Crippen LogP contribution is 2.16. The van der Waals surface area contributed by atoms with Crippen molar-refractivity contribution < 1.29 is 4.79 Å². The third-order valence-corrected chi connectivity index (χ3v) is 3.38. The number of hydrogen-bond acceptors (Lipinski definition) is 2. The van der Waals surface area contributed by atoms with Crippen molar-refractivity contribution in [2.75, 3.05) is 18.8 Å². The van der Waals surface area contributed by atoms with Gasteiger partial charge >= 0.3 is 0 Å². The molecule has 18 heavy (non-hydrogen) atoms. The Labute approximate surface area is 110 Å². The van der Waals surface area contributed by atoms with Crippen LogP contribution in [0.1, 0.15) is 43.1 Å². The standard InChI is InChI=1S/C15H24N2O/c1-5-11(3)10-17(6-2)15(18)14-8-7-13(16)9-12(14)4/h7-9,11H,5-6,10,16H2,1-4H3. The Morgan fingerprint density at radius 3 is 2.56 bits per heavy atom. The van der Waals surface area contributed by atoms with Crippen LogP contribution in [-0.2, 0) is 0 Å². The lowest BCUT2D eigenvalue weighted by atomic mass is 10.0. The first-order valence-electron chi connectivity index (χ1n) is 6.64. The Kier molecular flexibility index (Phi) is 5.20. The maximum absolute atomic E-state index is 12.4. The Bertz CT molecular complexity index is 415. The fraction of sp³-hybridized carbons (Fsp3) is 0.533. The molecule has 1 aromatic carbocycles. The molecular formula is C15H24N2O. The molecule has 0 fully saturated rings. The van der Waals surface area contributed by atoms with Gasteiger partial charge in [-0.05, 0) is 43.5 Å². The molecule has 3 nitrogen and oxygen atoms in total. The van der Waals surface area contributed by atoms with Crippen LogP contribution < -0.4 is 5.73 Å². The van der Waals surface area contributed by atoms with Crippen molar-refractivity contribution in [3.63, 3.8) is 0 Å². The van der Waals surface area contributed by atoms with Gasteiger partial charge in [-0.15, -0.1) is 0 Å². The molecule has 1 amide bonds. The van der Waals surface area contributed by atoms with Gasteiger partial charge in [0, 0.05) is 24.3 Å². The van der Waals surface area contributed by atoms with Crippen LogP contribution in [0.15, 0.2) is 18.2 Å². The maximum atomic E-state index is 12.4. The van der Waals surface area contributed by atoms with Crippen LogP contribution in [0.2, 0.25) is 0 Å². The van der Waals surface area contributed by atoms with E-state index >= 15 is 0 Å². The average Bonchev–Trinajstić information content (AvgIpc) is 2.34. The van der Waals surface area contributed by atoms with Crippen LogP contribution in [0, 0.1) is 12.8 Å². The largest absolute Gasteiger partial charge is 0.399 e. The first kappa shape index (κ1) is 14.6. The summed E-state index contributed by atoms with van der Waals surface area (Å²) in [4.78, 5) is 14.4. The molecule has 0 bridgehead atoms. The molecule has 3 heteroatoms. The second-order valence-corrected chi connectivity index (χ2v) is 4.93. The van der Waals surface area contributed by atoms with Crippen molar-refractivity contribution in [1.82, 2.24) is 4.90 Å². The minimum Gasteiger partial charge on any atom is -0.399 e. The average molecular weight is 248 g/mol. The molecule has 0 aliphatic carbocycles. The van der Waals surface area contributed by atoms with Crippen molar-refractivity contribution in [2.45, 2.75) is 34.1 Å². The minimum atomic E-state index is 0.107. The number of nitrogens with zero attached hydrogens (tertiary/aromatic N) is 1. The zero-order valence-corrected chi connectivity index (χ0v) is 11.9. The van der Waals surface area contributed by atoms with Crippen molar-refractivity contribution in [1.29, 1.82) is 0 Å². The number of nitrogen functional groups attached to an aromatic ring is 1. The highest BCUT2D eigenvalue weighted by atomic mass is 16.2. The van der Waals surface area contributed by atoms with E-state index in [1.807, 2.05) is 30.9 Å². The fourth-order valence-corrected chi connectivity index (χ4v) is 1.96. The summed E-state index contributed by atoms with van der Waals surface area (Å²) in [6, 6.07) is 5.47. The SMILES string of the molecule is CCC(C)CN(CC)C(=O)c1ccc(N)cc1C. The molecule has 0 radical (unpaired) electrons. The quantitative estimate of drug-likeness (QED) is 0.814. The summed E-state index contributed by atoms with van der Waals surface area (Å²) in [5.74, 6) is 0.637. The third-order valence-electron chi connectivity index (χ3n) is 3.38. The lowest BCUT2D eigenvalue weighted by molar-refractivity contribution is 0.0740. The van der Waals surface area contributed by atoms with E-state index in [0.29, 0.717) is 11.6 Å². The van der Waals surface area contributed by atoms with Crippen molar-refractivity contribution in [3.8, 4) is 0 Å². The first-order valence-corrected chi connectivity index (χ1v) is 6.64. The highest BCUT2D eigenvalue weighted by Gasteiger charge is 2.17. The van der Waals surface area contributed by atoms with Gasteiger partial charge in [-0.25, -0.2) is 0 Å². The van der Waals surface area contributed by atoms with Gasteiger partial charge in [-0.2, -0.15) is 0 Å². The van der Waals surface area contributed by atoms with Crippen molar-refractivity contribution in [3.05, 3.63) is 29.3 Å². The van der Waals surface area contributed by atoms with Crippen LogP contribution in [0.5, 0.6) is 0 Å². The second kappa shape index (κ2) is 6.43. The Morgan fingerprint density at radius 2 is 2.06 bits per heavy atom. The molecular weight excluding hydrogens is 224 g/mol. The second-order valence-electron chi connectivity index (χ2n) is 4.93. The number of rotatable bonds is 5. The van der Waals surface area contributed by atoms with Gasteiger partial charge in [0.15, 0.2) is 0 Å². The molecule has 0 saturated carbocycles. The smallest absolute Gasteiger partial charge is 0.254 e. The minimum absolute atomic E-state index is 0.107. The number of carbonyl (C=O) groups is 1. The topological polar surface area (TPSA) is 46.3 Å². The predicted molar refractivity (Wildman–Crippen MR) is 76.6 cm³/mol. The van der Waals surface area contributed by atoms with Crippen LogP contribution in [0.3, 0.4) is 0 Å². The molecule has 1 aromatic rings. The summed E-state index contributed by atoms with van der Waals surface area (Å²) < 4.78 is 0. The zero-order valence-electron chi connectivity index (χ0n) is 11.9. The normalized spacial score (nSPS) is 12.2. The Morgan fingerprint density at radius 1 is 1.39 bits per heavy atom. The van der Waals surface area contributed by atoms with E-state index in [1.54, 1.807) is 6.07 Å². The van der Waals surface area contributed by atoms with Gasteiger partial charge in [-0.3, -0.25) is 4.79 Å². The van der Waals surface area contributed by atoms with Crippen LogP contribution >= 0.6 is 0 Å². The predicted octanol–water partition coefficient (Wildman–Crippen LogP) is 3.09. The molecule has 2 N–H and O–H groups in total.